The van der Waals surface area contributed by atoms with Crippen LogP contribution in [0.4, 0.5) is 0 Å². The third-order valence-corrected chi connectivity index (χ3v) is 4.88. The van der Waals surface area contributed by atoms with Crippen molar-refractivity contribution < 1.29 is 4.79 Å². The van der Waals surface area contributed by atoms with E-state index < -0.39 is 0 Å². The molecule has 1 fully saturated rings. The molecule has 2 aromatic carbocycles. The number of benzene rings is 2. The lowest BCUT2D eigenvalue weighted by Crippen LogP contribution is -2.41. The molecule has 3 nitrogen and oxygen atoms in total. The number of amides is 1. The molecule has 1 aliphatic carbocycles. The predicted molar refractivity (Wildman–Crippen MR) is 97.1 cm³/mol. The average Bonchev–Trinajstić information content (AvgIpc) is 2.61. The third kappa shape index (κ3) is 3.65. The van der Waals surface area contributed by atoms with Gasteiger partial charge in [-0.05, 0) is 47.2 Å². The molecule has 3 heteroatoms. The van der Waals surface area contributed by atoms with Crippen LogP contribution in [0, 0.1) is 17.2 Å². The van der Waals surface area contributed by atoms with Crippen molar-refractivity contribution in [3.8, 4) is 6.07 Å². The Morgan fingerprint density at radius 1 is 1.17 bits per heavy atom. The van der Waals surface area contributed by atoms with Crippen molar-refractivity contribution in [3.05, 3.63) is 53.6 Å². The Labute approximate surface area is 143 Å². The Bertz CT molecular complexity index is 816. The van der Waals surface area contributed by atoms with Gasteiger partial charge in [0, 0.05) is 6.04 Å². The van der Waals surface area contributed by atoms with E-state index in [1.807, 2.05) is 42.5 Å². The maximum absolute atomic E-state index is 12.5. The molecule has 0 saturated heterocycles. The highest BCUT2D eigenvalue weighted by Gasteiger charge is 2.23. The van der Waals surface area contributed by atoms with E-state index in [2.05, 4.69) is 18.3 Å². The van der Waals surface area contributed by atoms with Gasteiger partial charge in [-0.1, -0.05) is 56.2 Å². The molecule has 0 heterocycles. The van der Waals surface area contributed by atoms with E-state index in [1.165, 1.54) is 6.42 Å². The Morgan fingerprint density at radius 3 is 2.67 bits per heavy atom. The van der Waals surface area contributed by atoms with Crippen molar-refractivity contribution in [2.75, 3.05) is 0 Å². The quantitative estimate of drug-likeness (QED) is 0.672. The average molecular weight is 318 g/mol. The first-order chi connectivity index (χ1) is 11.7. The van der Waals surface area contributed by atoms with Crippen LogP contribution in [0.25, 0.3) is 16.8 Å². The van der Waals surface area contributed by atoms with Gasteiger partial charge >= 0.3 is 0 Å². The molecule has 2 atom stereocenters. The highest BCUT2D eigenvalue weighted by Crippen LogP contribution is 2.24. The largest absolute Gasteiger partial charge is 0.348 e. The molecule has 0 aliphatic heterocycles. The van der Waals surface area contributed by atoms with Crippen LogP contribution < -0.4 is 5.32 Å². The van der Waals surface area contributed by atoms with Crippen molar-refractivity contribution in [1.82, 2.24) is 5.32 Å². The monoisotopic (exact) mass is 318 g/mol. The zero-order valence-electron chi connectivity index (χ0n) is 14.0. The number of carbonyl (C=O) groups is 1. The summed E-state index contributed by atoms with van der Waals surface area (Å²) in [4.78, 5) is 12.5. The molecule has 0 bridgehead atoms. The fourth-order valence-corrected chi connectivity index (χ4v) is 3.39. The summed E-state index contributed by atoms with van der Waals surface area (Å²) in [6, 6.07) is 16.2. The zero-order valence-corrected chi connectivity index (χ0v) is 14.0. The summed E-state index contributed by atoms with van der Waals surface area (Å²) in [6.07, 6.45) is 6.19. The summed E-state index contributed by atoms with van der Waals surface area (Å²) >= 11 is 0. The molecule has 1 N–H and O–H groups in total. The van der Waals surface area contributed by atoms with Gasteiger partial charge in [0.25, 0.3) is 5.91 Å². The Kier molecular flexibility index (Phi) is 4.96. The van der Waals surface area contributed by atoms with Gasteiger partial charge in [-0.2, -0.15) is 5.26 Å². The molecule has 0 unspecified atom stereocenters. The van der Waals surface area contributed by atoms with Gasteiger partial charge in [0.2, 0.25) is 0 Å². The minimum Gasteiger partial charge on any atom is -0.348 e. The number of hydrogen-bond acceptors (Lipinski definition) is 2. The second kappa shape index (κ2) is 7.31. The third-order valence-electron chi connectivity index (χ3n) is 4.88. The number of rotatable bonds is 3. The molecule has 0 aromatic heterocycles. The van der Waals surface area contributed by atoms with Gasteiger partial charge in [0.05, 0.1) is 0 Å². The van der Waals surface area contributed by atoms with Gasteiger partial charge in [-0.3, -0.25) is 4.79 Å². The summed E-state index contributed by atoms with van der Waals surface area (Å²) in [5.41, 5.74) is 1.04. The molecule has 0 spiro atoms. The molecule has 0 radical (unpaired) electrons. The lowest BCUT2D eigenvalue weighted by atomic mass is 9.86. The second-order valence-electron chi connectivity index (χ2n) is 6.62. The standard InChI is InChI=1S/C21H22N2O/c1-15-6-2-5-9-20(15)23-21(24)19(14-22)13-16-10-11-17-7-3-4-8-18(17)12-16/h3-4,7-8,10-13,15,20H,2,5-6,9H2,1H3,(H,23,24)/b19-13+/t15-,20-/m0/s1. The van der Waals surface area contributed by atoms with Crippen molar-refractivity contribution in [1.29, 1.82) is 5.26 Å². The van der Waals surface area contributed by atoms with Crippen LogP contribution in [0.5, 0.6) is 0 Å². The first-order valence-corrected chi connectivity index (χ1v) is 8.59. The van der Waals surface area contributed by atoms with Crippen LogP contribution in [0.2, 0.25) is 0 Å². The number of fused-ring (bicyclic) bond motifs is 1. The van der Waals surface area contributed by atoms with E-state index in [9.17, 15) is 10.1 Å². The van der Waals surface area contributed by atoms with Gasteiger partial charge in [-0.25, -0.2) is 0 Å². The first kappa shape index (κ1) is 16.3. The summed E-state index contributed by atoms with van der Waals surface area (Å²) < 4.78 is 0. The number of carbonyl (C=O) groups excluding carboxylic acids is 1. The van der Waals surface area contributed by atoms with Gasteiger partial charge in [-0.15, -0.1) is 0 Å². The number of nitrogens with zero attached hydrogens (tertiary/aromatic N) is 1. The maximum Gasteiger partial charge on any atom is 0.262 e. The number of nitriles is 1. The van der Waals surface area contributed by atoms with Gasteiger partial charge in [0.15, 0.2) is 0 Å². The molecular formula is C21H22N2O. The van der Waals surface area contributed by atoms with Crippen molar-refractivity contribution in [2.45, 2.75) is 38.6 Å². The fourth-order valence-electron chi connectivity index (χ4n) is 3.39. The topological polar surface area (TPSA) is 52.9 Å². The SMILES string of the molecule is C[C@H]1CCCC[C@@H]1NC(=O)/C(C#N)=C/c1ccc2ccccc2c1. The normalized spacial score (nSPS) is 21.2. The molecule has 3 rings (SSSR count). The van der Waals surface area contributed by atoms with Gasteiger partial charge in [0.1, 0.15) is 11.6 Å². The van der Waals surface area contributed by atoms with E-state index in [1.54, 1.807) is 6.08 Å². The smallest absolute Gasteiger partial charge is 0.262 e. The Morgan fingerprint density at radius 2 is 1.92 bits per heavy atom. The van der Waals surface area contributed by atoms with Crippen LogP contribution in [0.1, 0.15) is 38.2 Å². The minimum atomic E-state index is -0.260. The van der Waals surface area contributed by atoms with Gasteiger partial charge < -0.3 is 5.32 Å². The zero-order chi connectivity index (χ0) is 16.9. The van der Waals surface area contributed by atoms with Crippen molar-refractivity contribution in [3.63, 3.8) is 0 Å². The Balaban J connectivity index is 1.79. The highest BCUT2D eigenvalue weighted by atomic mass is 16.1. The second-order valence-corrected chi connectivity index (χ2v) is 6.62. The van der Waals surface area contributed by atoms with Crippen LogP contribution in [-0.2, 0) is 4.79 Å². The van der Waals surface area contributed by atoms with Crippen molar-refractivity contribution in [2.24, 2.45) is 5.92 Å². The molecular weight excluding hydrogens is 296 g/mol. The molecule has 2 aromatic rings. The molecule has 1 amide bonds. The number of nitrogens with one attached hydrogen (secondary N) is 1. The lowest BCUT2D eigenvalue weighted by Gasteiger charge is -2.29. The van der Waals surface area contributed by atoms with Crippen LogP contribution in [-0.4, -0.2) is 11.9 Å². The fraction of sp³-hybridized carbons (Fsp3) is 0.333. The summed E-state index contributed by atoms with van der Waals surface area (Å²) in [5, 5.41) is 14.7. The van der Waals surface area contributed by atoms with E-state index in [4.69, 9.17) is 0 Å². The van der Waals surface area contributed by atoms with Crippen LogP contribution >= 0.6 is 0 Å². The van der Waals surface area contributed by atoms with Crippen molar-refractivity contribution >= 4 is 22.8 Å². The molecule has 1 aliphatic rings. The highest BCUT2D eigenvalue weighted by molar-refractivity contribution is 6.02. The summed E-state index contributed by atoms with van der Waals surface area (Å²) in [7, 11) is 0. The maximum atomic E-state index is 12.5. The summed E-state index contributed by atoms with van der Waals surface area (Å²) in [6.45, 7) is 2.17. The van der Waals surface area contributed by atoms with Crippen LogP contribution in [0.3, 0.4) is 0 Å². The molecule has 24 heavy (non-hydrogen) atoms. The van der Waals surface area contributed by atoms with E-state index in [0.29, 0.717) is 5.92 Å². The molecule has 1 saturated carbocycles. The minimum absolute atomic E-state index is 0.169. The predicted octanol–water partition coefficient (Wildman–Crippen LogP) is 4.44. The van der Waals surface area contributed by atoms with Crippen LogP contribution in [0.15, 0.2) is 48.0 Å². The van der Waals surface area contributed by atoms with E-state index >= 15 is 0 Å². The lowest BCUT2D eigenvalue weighted by molar-refractivity contribution is -0.118. The Hall–Kier alpha value is -2.60. The first-order valence-electron chi connectivity index (χ1n) is 8.59. The van der Waals surface area contributed by atoms with E-state index in [0.717, 1.165) is 35.6 Å². The molecule has 122 valence electrons. The number of hydrogen-bond donors (Lipinski definition) is 1. The van der Waals surface area contributed by atoms with E-state index in [-0.39, 0.29) is 17.5 Å². The summed E-state index contributed by atoms with van der Waals surface area (Å²) in [5.74, 6) is 0.215.